The number of hydrogen-bond acceptors (Lipinski definition) is 10. The molecule has 0 N–H and O–H groups in total. The number of allylic oxidation sites excluding steroid dienone is 1. The summed E-state index contributed by atoms with van der Waals surface area (Å²) in [7, 11) is 3.08. The number of methoxy groups -OCH3 is 2. The van der Waals surface area contributed by atoms with Gasteiger partial charge in [-0.2, -0.15) is 5.26 Å². The molecular weight excluding hydrogens is 766 g/mol. The molecule has 10 nitrogen and oxygen atoms in total. The average Bonchev–Trinajstić information content (AvgIpc) is 3.37. The lowest BCUT2D eigenvalue weighted by Crippen LogP contribution is -2.40. The summed E-state index contributed by atoms with van der Waals surface area (Å²) in [5.41, 5.74) is 3.09. The Bertz CT molecular complexity index is 2130. The summed E-state index contributed by atoms with van der Waals surface area (Å²) in [6, 6.07) is 15.5. The van der Waals surface area contributed by atoms with Crippen molar-refractivity contribution in [2.45, 2.75) is 33.4 Å². The summed E-state index contributed by atoms with van der Waals surface area (Å²) in [5, 5.41) is 9.06. The van der Waals surface area contributed by atoms with Gasteiger partial charge in [-0.15, -0.1) is 0 Å². The maximum Gasteiger partial charge on any atom is 0.338 e. The molecule has 0 spiro atoms. The van der Waals surface area contributed by atoms with Crippen molar-refractivity contribution in [3.8, 4) is 29.1 Å². The summed E-state index contributed by atoms with van der Waals surface area (Å²) >= 11 is 8.45. The molecule has 0 bridgehead atoms. The molecule has 1 aliphatic heterocycles. The predicted molar refractivity (Wildman–Crippen MR) is 188 cm³/mol. The fraction of sp³-hybridized carbons (Fsp3) is 0.257. The fourth-order valence-electron chi connectivity index (χ4n) is 5.22. The van der Waals surface area contributed by atoms with Crippen molar-refractivity contribution in [2.75, 3.05) is 27.4 Å². The second-order valence-corrected chi connectivity index (χ2v) is 13.1. The number of carbonyl (C=O) groups excluding carboxylic acids is 1. The standard InChI is InChI=1S/C35H31Br2N3O7S/c1-6-45-27-15-23(24(36)16-26(27)43-4)31-30(34(42)46-7-2)19(3)39-35-40(31)33(41)29(48-35)14-22-12-25(37)32(28(13-22)44-5)47-18-21-10-8-20(17-38)9-11-21/h8-16,31H,6-7,18H2,1-5H3/b29-14+/t31-/m1/s1. The van der Waals surface area contributed by atoms with Crippen molar-refractivity contribution in [3.05, 3.63) is 111 Å². The van der Waals surface area contributed by atoms with E-state index in [1.165, 1.54) is 23.0 Å². The highest BCUT2D eigenvalue weighted by molar-refractivity contribution is 9.10. The fourth-order valence-corrected chi connectivity index (χ4v) is 7.38. The number of aromatic nitrogens is 1. The van der Waals surface area contributed by atoms with Gasteiger partial charge in [-0.05, 0) is 95.9 Å². The van der Waals surface area contributed by atoms with Crippen molar-refractivity contribution in [1.82, 2.24) is 4.57 Å². The van der Waals surface area contributed by atoms with Crippen LogP contribution >= 0.6 is 43.2 Å². The number of esters is 1. The zero-order valence-electron chi connectivity index (χ0n) is 26.8. The van der Waals surface area contributed by atoms with Crippen LogP contribution in [0.4, 0.5) is 0 Å². The summed E-state index contributed by atoms with van der Waals surface area (Å²) in [4.78, 5) is 32.7. The summed E-state index contributed by atoms with van der Waals surface area (Å²) < 4.78 is 31.7. The molecule has 0 fully saturated rings. The Morgan fingerprint density at radius 3 is 2.38 bits per heavy atom. The molecule has 5 rings (SSSR count). The minimum atomic E-state index is -0.860. The number of nitrogens with zero attached hydrogens (tertiary/aromatic N) is 3. The monoisotopic (exact) mass is 795 g/mol. The molecule has 2 heterocycles. The van der Waals surface area contributed by atoms with Crippen LogP contribution < -0.4 is 33.8 Å². The zero-order valence-corrected chi connectivity index (χ0v) is 30.7. The molecule has 48 heavy (non-hydrogen) atoms. The largest absolute Gasteiger partial charge is 0.493 e. The van der Waals surface area contributed by atoms with Crippen molar-refractivity contribution in [2.24, 2.45) is 4.99 Å². The number of hydrogen-bond donors (Lipinski definition) is 0. The third-order valence-corrected chi connectivity index (χ3v) is 9.67. The molecule has 1 atom stereocenters. The molecule has 248 valence electrons. The van der Waals surface area contributed by atoms with Crippen LogP contribution in [0.15, 0.2) is 78.5 Å². The Kier molecular flexibility index (Phi) is 11.1. The lowest BCUT2D eigenvalue weighted by Gasteiger charge is -2.26. The summed E-state index contributed by atoms with van der Waals surface area (Å²) in [6.07, 6.45) is 1.75. The third-order valence-electron chi connectivity index (χ3n) is 7.41. The number of ether oxygens (including phenoxy) is 5. The van der Waals surface area contributed by atoms with Crippen LogP contribution in [0.2, 0.25) is 0 Å². The molecule has 4 aromatic rings. The van der Waals surface area contributed by atoms with Crippen molar-refractivity contribution < 1.29 is 28.5 Å². The zero-order chi connectivity index (χ0) is 34.5. The van der Waals surface area contributed by atoms with E-state index in [0.29, 0.717) is 70.3 Å². The summed E-state index contributed by atoms with van der Waals surface area (Å²) in [6.45, 7) is 6.12. The van der Waals surface area contributed by atoms with Gasteiger partial charge in [0.25, 0.3) is 5.56 Å². The molecule has 1 aromatic heterocycles. The second-order valence-electron chi connectivity index (χ2n) is 10.4. The van der Waals surface area contributed by atoms with Gasteiger partial charge >= 0.3 is 5.97 Å². The molecule has 0 saturated carbocycles. The average molecular weight is 798 g/mol. The first-order valence-corrected chi connectivity index (χ1v) is 17.2. The first kappa shape index (κ1) is 34.9. The van der Waals surface area contributed by atoms with Crippen LogP contribution in [0.3, 0.4) is 0 Å². The Hall–Kier alpha value is -4.38. The van der Waals surface area contributed by atoms with E-state index in [2.05, 4.69) is 42.9 Å². The smallest absolute Gasteiger partial charge is 0.338 e. The first-order valence-electron chi connectivity index (χ1n) is 14.8. The van der Waals surface area contributed by atoms with E-state index in [9.17, 15) is 9.59 Å². The number of nitriles is 1. The van der Waals surface area contributed by atoms with E-state index >= 15 is 0 Å². The van der Waals surface area contributed by atoms with Crippen LogP contribution in [0.5, 0.6) is 23.0 Å². The molecule has 0 saturated heterocycles. The highest BCUT2D eigenvalue weighted by atomic mass is 79.9. The molecule has 3 aromatic carbocycles. The molecule has 0 amide bonds. The molecule has 0 radical (unpaired) electrons. The second kappa shape index (κ2) is 15.2. The van der Waals surface area contributed by atoms with Crippen LogP contribution in [-0.4, -0.2) is 38.0 Å². The quantitative estimate of drug-likeness (QED) is 0.165. The van der Waals surface area contributed by atoms with Crippen molar-refractivity contribution in [3.63, 3.8) is 0 Å². The van der Waals surface area contributed by atoms with E-state index in [1.807, 2.05) is 25.1 Å². The summed E-state index contributed by atoms with van der Waals surface area (Å²) in [5.74, 6) is 1.35. The number of carbonyl (C=O) groups is 1. The molecule has 0 aliphatic carbocycles. The first-order chi connectivity index (χ1) is 23.1. The number of fused-ring (bicyclic) bond motifs is 1. The molecule has 0 unspecified atom stereocenters. The number of rotatable bonds is 11. The number of halogens is 2. The third kappa shape index (κ3) is 7.06. The Morgan fingerprint density at radius 2 is 1.73 bits per heavy atom. The maximum atomic E-state index is 14.2. The normalized spacial score (nSPS) is 14.1. The van der Waals surface area contributed by atoms with Gasteiger partial charge in [0, 0.05) is 4.47 Å². The lowest BCUT2D eigenvalue weighted by molar-refractivity contribution is -0.139. The SMILES string of the molecule is CCOC(=O)C1=C(C)N=c2s/c(=C/c3cc(Br)c(OCc4ccc(C#N)cc4)c(OC)c3)c(=O)n2[C@@H]1c1cc(OCC)c(OC)cc1Br. The van der Waals surface area contributed by atoms with Gasteiger partial charge in [0.1, 0.15) is 6.61 Å². The van der Waals surface area contributed by atoms with Crippen molar-refractivity contribution in [1.29, 1.82) is 5.26 Å². The van der Waals surface area contributed by atoms with Gasteiger partial charge < -0.3 is 23.7 Å². The van der Waals surface area contributed by atoms with Crippen LogP contribution in [-0.2, 0) is 16.1 Å². The van der Waals surface area contributed by atoms with Crippen LogP contribution in [0, 0.1) is 11.3 Å². The van der Waals surface area contributed by atoms with Gasteiger partial charge in [-0.3, -0.25) is 9.36 Å². The highest BCUT2D eigenvalue weighted by Gasteiger charge is 2.35. The number of benzene rings is 3. The lowest BCUT2D eigenvalue weighted by atomic mass is 9.95. The van der Waals surface area contributed by atoms with E-state index in [0.717, 1.165) is 5.56 Å². The maximum absolute atomic E-state index is 14.2. The topological polar surface area (TPSA) is 121 Å². The Balaban J connectivity index is 1.61. The van der Waals surface area contributed by atoms with Crippen LogP contribution in [0.1, 0.15) is 49.1 Å². The minimum absolute atomic E-state index is 0.157. The molecule has 13 heteroatoms. The minimum Gasteiger partial charge on any atom is -0.493 e. The van der Waals surface area contributed by atoms with Gasteiger partial charge in [0.15, 0.2) is 27.8 Å². The van der Waals surface area contributed by atoms with Gasteiger partial charge in [-0.1, -0.05) is 39.4 Å². The van der Waals surface area contributed by atoms with Gasteiger partial charge in [0.2, 0.25) is 0 Å². The van der Waals surface area contributed by atoms with Crippen LogP contribution in [0.25, 0.3) is 6.08 Å². The highest BCUT2D eigenvalue weighted by Crippen LogP contribution is 2.41. The predicted octanol–water partition coefficient (Wildman–Crippen LogP) is 6.19. The van der Waals surface area contributed by atoms with E-state index in [1.54, 1.807) is 57.4 Å². The van der Waals surface area contributed by atoms with E-state index in [4.69, 9.17) is 28.9 Å². The van der Waals surface area contributed by atoms with Crippen molar-refractivity contribution >= 4 is 55.2 Å². The van der Waals surface area contributed by atoms with Gasteiger partial charge in [0.05, 0.1) is 65.4 Å². The van der Waals surface area contributed by atoms with E-state index in [-0.39, 0.29) is 24.3 Å². The van der Waals surface area contributed by atoms with E-state index < -0.39 is 12.0 Å². The van der Waals surface area contributed by atoms with Gasteiger partial charge in [-0.25, -0.2) is 9.79 Å². The Labute approximate surface area is 297 Å². The number of thiazole rings is 1. The molecule has 1 aliphatic rings. The molecular formula is C35H31Br2N3O7S. The Morgan fingerprint density at radius 1 is 1.00 bits per heavy atom.